The molecule has 0 aromatic carbocycles. The SMILES string of the molecule is C=CC(C)NC(=O)[C@H](N)C(C)C. The molecule has 0 bridgehead atoms. The third-order valence-corrected chi connectivity index (χ3v) is 1.74. The van der Waals surface area contributed by atoms with Crippen LogP contribution in [0.15, 0.2) is 12.7 Å². The zero-order valence-corrected chi connectivity index (χ0v) is 8.00. The maximum atomic E-state index is 11.3. The lowest BCUT2D eigenvalue weighted by Crippen LogP contribution is -2.46. The van der Waals surface area contributed by atoms with Gasteiger partial charge < -0.3 is 11.1 Å². The molecule has 0 rings (SSSR count). The molecule has 0 radical (unpaired) electrons. The second-order valence-corrected chi connectivity index (χ2v) is 3.30. The minimum atomic E-state index is -0.424. The fourth-order valence-electron chi connectivity index (χ4n) is 0.682. The molecule has 0 spiro atoms. The van der Waals surface area contributed by atoms with E-state index < -0.39 is 6.04 Å². The van der Waals surface area contributed by atoms with Gasteiger partial charge in [-0.3, -0.25) is 4.79 Å². The van der Waals surface area contributed by atoms with Crippen molar-refractivity contribution in [2.24, 2.45) is 11.7 Å². The van der Waals surface area contributed by atoms with Crippen LogP contribution < -0.4 is 11.1 Å². The molecule has 70 valence electrons. The van der Waals surface area contributed by atoms with Crippen molar-refractivity contribution in [3.8, 4) is 0 Å². The van der Waals surface area contributed by atoms with Crippen LogP contribution in [0.5, 0.6) is 0 Å². The molecule has 0 aliphatic carbocycles. The second-order valence-electron chi connectivity index (χ2n) is 3.30. The van der Waals surface area contributed by atoms with E-state index in [1.54, 1.807) is 6.08 Å². The van der Waals surface area contributed by atoms with E-state index in [2.05, 4.69) is 11.9 Å². The van der Waals surface area contributed by atoms with Crippen LogP contribution in [0.25, 0.3) is 0 Å². The lowest BCUT2D eigenvalue weighted by atomic mass is 10.0. The van der Waals surface area contributed by atoms with E-state index in [9.17, 15) is 4.79 Å². The Labute approximate surface area is 74.0 Å². The Morgan fingerprint density at radius 2 is 2.00 bits per heavy atom. The standard InChI is InChI=1S/C9H18N2O/c1-5-7(4)11-9(12)8(10)6(2)3/h5-8H,1,10H2,2-4H3,(H,11,12)/t7?,8-/m1/s1. The van der Waals surface area contributed by atoms with Gasteiger partial charge in [0.1, 0.15) is 0 Å². The van der Waals surface area contributed by atoms with Gasteiger partial charge in [-0.05, 0) is 12.8 Å². The molecule has 0 heterocycles. The van der Waals surface area contributed by atoms with Gasteiger partial charge in [-0.1, -0.05) is 19.9 Å². The third-order valence-electron chi connectivity index (χ3n) is 1.74. The fraction of sp³-hybridized carbons (Fsp3) is 0.667. The summed E-state index contributed by atoms with van der Waals surface area (Å²) in [4.78, 5) is 11.3. The minimum Gasteiger partial charge on any atom is -0.349 e. The van der Waals surface area contributed by atoms with E-state index in [0.717, 1.165) is 0 Å². The average Bonchev–Trinajstić information content (AvgIpc) is 2.02. The highest BCUT2D eigenvalue weighted by atomic mass is 16.2. The van der Waals surface area contributed by atoms with Crippen molar-refractivity contribution in [3.63, 3.8) is 0 Å². The Hall–Kier alpha value is -0.830. The average molecular weight is 170 g/mol. The first-order chi connectivity index (χ1) is 5.49. The lowest BCUT2D eigenvalue weighted by Gasteiger charge is -2.17. The van der Waals surface area contributed by atoms with Crippen molar-refractivity contribution in [3.05, 3.63) is 12.7 Å². The summed E-state index contributed by atoms with van der Waals surface area (Å²) in [5.74, 6) is 0.0550. The zero-order valence-electron chi connectivity index (χ0n) is 8.00. The summed E-state index contributed by atoms with van der Waals surface area (Å²) in [5, 5.41) is 2.73. The molecule has 2 atom stereocenters. The Bertz CT molecular complexity index is 166. The van der Waals surface area contributed by atoms with Crippen LogP contribution in [0, 0.1) is 5.92 Å². The van der Waals surface area contributed by atoms with Gasteiger partial charge in [0.2, 0.25) is 5.91 Å². The molecule has 3 N–H and O–H groups in total. The van der Waals surface area contributed by atoms with Gasteiger partial charge in [-0.2, -0.15) is 0 Å². The van der Waals surface area contributed by atoms with E-state index in [1.165, 1.54) is 0 Å². The van der Waals surface area contributed by atoms with Crippen molar-refractivity contribution in [1.29, 1.82) is 0 Å². The molecule has 0 fully saturated rings. The first kappa shape index (κ1) is 11.2. The van der Waals surface area contributed by atoms with E-state index >= 15 is 0 Å². The van der Waals surface area contributed by atoms with Crippen LogP contribution in [0.4, 0.5) is 0 Å². The molecular formula is C9H18N2O. The first-order valence-electron chi connectivity index (χ1n) is 4.17. The number of nitrogens with two attached hydrogens (primary N) is 1. The largest absolute Gasteiger partial charge is 0.349 e. The topological polar surface area (TPSA) is 55.1 Å². The Morgan fingerprint density at radius 1 is 1.50 bits per heavy atom. The normalized spacial score (nSPS) is 15.4. The molecule has 1 unspecified atom stereocenters. The summed E-state index contributed by atoms with van der Waals surface area (Å²) in [7, 11) is 0. The quantitative estimate of drug-likeness (QED) is 0.609. The number of carbonyl (C=O) groups is 1. The zero-order chi connectivity index (χ0) is 9.72. The van der Waals surface area contributed by atoms with Crippen molar-refractivity contribution >= 4 is 5.91 Å². The Balaban J connectivity index is 3.95. The molecule has 0 saturated heterocycles. The highest BCUT2D eigenvalue weighted by molar-refractivity contribution is 5.82. The minimum absolute atomic E-state index is 0.0118. The van der Waals surface area contributed by atoms with Gasteiger partial charge in [0.25, 0.3) is 0 Å². The summed E-state index contributed by atoms with van der Waals surface area (Å²) in [6.45, 7) is 9.26. The Morgan fingerprint density at radius 3 is 2.33 bits per heavy atom. The fourth-order valence-corrected chi connectivity index (χ4v) is 0.682. The van der Waals surface area contributed by atoms with Crippen LogP contribution in [0.2, 0.25) is 0 Å². The molecule has 3 heteroatoms. The highest BCUT2D eigenvalue weighted by Crippen LogP contribution is 1.98. The van der Waals surface area contributed by atoms with Crippen LogP contribution in [-0.2, 0) is 4.79 Å². The highest BCUT2D eigenvalue weighted by Gasteiger charge is 2.17. The second kappa shape index (κ2) is 4.93. The molecule has 0 saturated carbocycles. The first-order valence-corrected chi connectivity index (χ1v) is 4.17. The number of amides is 1. The van der Waals surface area contributed by atoms with Gasteiger partial charge in [-0.15, -0.1) is 6.58 Å². The molecule has 1 amide bonds. The third kappa shape index (κ3) is 3.53. The summed E-state index contributed by atoms with van der Waals surface area (Å²) in [5.41, 5.74) is 5.62. The summed E-state index contributed by atoms with van der Waals surface area (Å²) in [6, 6.07) is -0.435. The van der Waals surface area contributed by atoms with Crippen molar-refractivity contribution in [2.75, 3.05) is 0 Å². The Kier molecular flexibility index (Phi) is 4.59. The number of hydrogen-bond acceptors (Lipinski definition) is 2. The predicted molar refractivity (Wildman–Crippen MR) is 50.6 cm³/mol. The number of rotatable bonds is 4. The van der Waals surface area contributed by atoms with Gasteiger partial charge >= 0.3 is 0 Å². The van der Waals surface area contributed by atoms with E-state index in [0.29, 0.717) is 0 Å². The van der Waals surface area contributed by atoms with Gasteiger partial charge in [-0.25, -0.2) is 0 Å². The van der Waals surface area contributed by atoms with E-state index in [4.69, 9.17) is 5.73 Å². The summed E-state index contributed by atoms with van der Waals surface area (Å²) >= 11 is 0. The smallest absolute Gasteiger partial charge is 0.237 e. The van der Waals surface area contributed by atoms with E-state index in [-0.39, 0.29) is 17.9 Å². The van der Waals surface area contributed by atoms with Gasteiger partial charge in [0.15, 0.2) is 0 Å². The van der Waals surface area contributed by atoms with Crippen LogP contribution >= 0.6 is 0 Å². The van der Waals surface area contributed by atoms with Crippen LogP contribution in [0.3, 0.4) is 0 Å². The van der Waals surface area contributed by atoms with Crippen molar-refractivity contribution in [1.82, 2.24) is 5.32 Å². The van der Waals surface area contributed by atoms with Crippen molar-refractivity contribution < 1.29 is 4.79 Å². The maximum Gasteiger partial charge on any atom is 0.237 e. The molecule has 0 aliphatic heterocycles. The molecule has 3 nitrogen and oxygen atoms in total. The van der Waals surface area contributed by atoms with Crippen LogP contribution in [-0.4, -0.2) is 18.0 Å². The summed E-state index contributed by atoms with van der Waals surface area (Å²) in [6.07, 6.45) is 1.67. The number of carbonyl (C=O) groups excluding carboxylic acids is 1. The molecular weight excluding hydrogens is 152 g/mol. The molecule has 0 aromatic heterocycles. The van der Waals surface area contributed by atoms with Gasteiger partial charge in [0.05, 0.1) is 6.04 Å². The predicted octanol–water partition coefficient (Wildman–Crippen LogP) is 0.660. The lowest BCUT2D eigenvalue weighted by molar-refractivity contribution is -0.123. The van der Waals surface area contributed by atoms with Crippen molar-refractivity contribution in [2.45, 2.75) is 32.9 Å². The molecule has 0 aliphatic rings. The molecule has 12 heavy (non-hydrogen) atoms. The van der Waals surface area contributed by atoms with E-state index in [1.807, 2.05) is 20.8 Å². The number of hydrogen-bond donors (Lipinski definition) is 2. The maximum absolute atomic E-state index is 11.3. The van der Waals surface area contributed by atoms with Crippen LogP contribution in [0.1, 0.15) is 20.8 Å². The van der Waals surface area contributed by atoms with Gasteiger partial charge in [0, 0.05) is 6.04 Å². The monoisotopic (exact) mass is 170 g/mol. The summed E-state index contributed by atoms with van der Waals surface area (Å²) < 4.78 is 0. The number of nitrogens with one attached hydrogen (secondary N) is 1. The molecule has 0 aromatic rings.